The van der Waals surface area contributed by atoms with Gasteiger partial charge in [0.25, 0.3) is 5.91 Å². The summed E-state index contributed by atoms with van der Waals surface area (Å²) in [7, 11) is 0. The number of rotatable bonds is 6. The molecule has 1 atom stereocenters. The number of hydrogen-bond acceptors (Lipinski definition) is 4. The lowest BCUT2D eigenvalue weighted by Crippen LogP contribution is -2.33. The van der Waals surface area contributed by atoms with E-state index < -0.39 is 11.9 Å². The maximum absolute atomic E-state index is 11.9. The lowest BCUT2D eigenvalue weighted by Gasteiger charge is -2.12. The number of amides is 1. The van der Waals surface area contributed by atoms with Crippen molar-refractivity contribution in [1.82, 2.24) is 10.3 Å². The first-order chi connectivity index (χ1) is 8.60. The zero-order chi connectivity index (χ0) is 13.5. The van der Waals surface area contributed by atoms with Crippen LogP contribution in [0.15, 0.2) is 23.4 Å². The molecule has 98 valence electrons. The van der Waals surface area contributed by atoms with Crippen LogP contribution in [0.2, 0.25) is 0 Å². The average Bonchev–Trinajstić information content (AvgIpc) is 2.38. The van der Waals surface area contributed by atoms with Crippen molar-refractivity contribution in [3.8, 4) is 0 Å². The number of nitrogens with zero attached hydrogens (tertiary/aromatic N) is 1. The number of aromatic nitrogens is 1. The fraction of sp³-hybridized carbons (Fsp3) is 0.417. The minimum atomic E-state index is -0.894. The van der Waals surface area contributed by atoms with Crippen LogP contribution in [0.25, 0.3) is 0 Å². The van der Waals surface area contributed by atoms with Gasteiger partial charge in [-0.15, -0.1) is 11.8 Å². The minimum absolute atomic E-state index is 0.132. The zero-order valence-electron chi connectivity index (χ0n) is 10.3. The van der Waals surface area contributed by atoms with Gasteiger partial charge < -0.3 is 10.4 Å². The summed E-state index contributed by atoms with van der Waals surface area (Å²) >= 11 is 1.38. The van der Waals surface area contributed by atoms with Crippen LogP contribution < -0.4 is 5.32 Å². The molecule has 1 amide bonds. The van der Waals surface area contributed by atoms with Crippen LogP contribution in [0.4, 0.5) is 0 Å². The molecule has 0 spiro atoms. The Morgan fingerprint density at radius 2 is 2.28 bits per heavy atom. The predicted octanol–water partition coefficient (Wildman–Crippen LogP) is 1.64. The highest BCUT2D eigenvalue weighted by atomic mass is 32.2. The molecule has 0 bridgehead atoms. The number of hydrogen-bond donors (Lipinski definition) is 2. The van der Waals surface area contributed by atoms with E-state index in [1.807, 2.05) is 6.26 Å². The summed E-state index contributed by atoms with van der Waals surface area (Å²) in [5.74, 6) is -1.73. The molecule has 6 heteroatoms. The number of carbonyl (C=O) groups excluding carboxylic acids is 1. The van der Waals surface area contributed by atoms with Crippen molar-refractivity contribution < 1.29 is 14.7 Å². The fourth-order valence-electron chi connectivity index (χ4n) is 1.44. The second-order valence-corrected chi connectivity index (χ2v) is 4.51. The normalized spacial score (nSPS) is 11.9. The van der Waals surface area contributed by atoms with Crippen molar-refractivity contribution >= 4 is 23.6 Å². The summed E-state index contributed by atoms with van der Waals surface area (Å²) in [6, 6.07) is 3.36. The molecule has 0 radical (unpaired) electrons. The molecule has 0 aliphatic rings. The molecular weight excluding hydrogens is 252 g/mol. The molecule has 0 aliphatic heterocycles. The Hall–Kier alpha value is -1.56. The first kappa shape index (κ1) is 14.5. The topological polar surface area (TPSA) is 79.3 Å². The van der Waals surface area contributed by atoms with Gasteiger partial charge in [0.2, 0.25) is 0 Å². The Bertz CT molecular complexity index is 437. The van der Waals surface area contributed by atoms with Crippen LogP contribution in [0, 0.1) is 5.92 Å². The third-order valence-electron chi connectivity index (χ3n) is 2.56. The first-order valence-electron chi connectivity index (χ1n) is 5.60. The van der Waals surface area contributed by atoms with Gasteiger partial charge in [0.05, 0.1) is 11.5 Å². The lowest BCUT2D eigenvalue weighted by atomic mass is 10.1. The molecule has 1 rings (SSSR count). The van der Waals surface area contributed by atoms with Gasteiger partial charge >= 0.3 is 5.97 Å². The van der Waals surface area contributed by atoms with Crippen LogP contribution in [0.5, 0.6) is 0 Å². The smallest absolute Gasteiger partial charge is 0.308 e. The number of thioether (sulfide) groups is 1. The maximum atomic E-state index is 11.9. The third kappa shape index (κ3) is 3.73. The highest BCUT2D eigenvalue weighted by Crippen LogP contribution is 2.16. The van der Waals surface area contributed by atoms with E-state index in [9.17, 15) is 9.59 Å². The quantitative estimate of drug-likeness (QED) is 0.767. The van der Waals surface area contributed by atoms with E-state index in [0.29, 0.717) is 17.0 Å². The van der Waals surface area contributed by atoms with Crippen LogP contribution in [0.3, 0.4) is 0 Å². The molecule has 0 saturated heterocycles. The summed E-state index contributed by atoms with van der Waals surface area (Å²) in [4.78, 5) is 26.8. The molecule has 1 aromatic heterocycles. The number of pyridine rings is 1. The second-order valence-electron chi connectivity index (χ2n) is 3.71. The molecular formula is C12H16N2O3S. The van der Waals surface area contributed by atoms with Crippen molar-refractivity contribution in [1.29, 1.82) is 0 Å². The van der Waals surface area contributed by atoms with E-state index in [-0.39, 0.29) is 12.5 Å². The van der Waals surface area contributed by atoms with Crippen LogP contribution in [0.1, 0.15) is 23.7 Å². The Morgan fingerprint density at radius 1 is 1.56 bits per heavy atom. The molecule has 1 unspecified atom stereocenters. The van der Waals surface area contributed by atoms with Gasteiger partial charge in [-0.05, 0) is 24.8 Å². The Morgan fingerprint density at radius 3 is 2.83 bits per heavy atom. The SMILES string of the molecule is CCC(CNC(=O)c1cccnc1SC)C(=O)O. The molecule has 0 aliphatic carbocycles. The van der Waals surface area contributed by atoms with Crippen LogP contribution >= 0.6 is 11.8 Å². The number of carboxylic acid groups (broad SMARTS) is 1. The fourth-order valence-corrected chi connectivity index (χ4v) is 1.99. The van der Waals surface area contributed by atoms with Crippen molar-refractivity contribution in [2.75, 3.05) is 12.8 Å². The van der Waals surface area contributed by atoms with Gasteiger partial charge in [-0.3, -0.25) is 9.59 Å². The van der Waals surface area contributed by atoms with Gasteiger partial charge in [0.1, 0.15) is 5.03 Å². The highest BCUT2D eigenvalue weighted by Gasteiger charge is 2.17. The summed E-state index contributed by atoms with van der Waals surface area (Å²) in [5.41, 5.74) is 0.477. The molecule has 2 N–H and O–H groups in total. The van der Waals surface area contributed by atoms with Crippen molar-refractivity contribution in [3.05, 3.63) is 23.9 Å². The number of carbonyl (C=O) groups is 2. The average molecular weight is 268 g/mol. The van der Waals surface area contributed by atoms with Crippen molar-refractivity contribution in [3.63, 3.8) is 0 Å². The van der Waals surface area contributed by atoms with Gasteiger partial charge in [0.15, 0.2) is 0 Å². The van der Waals surface area contributed by atoms with Gasteiger partial charge in [0, 0.05) is 12.7 Å². The first-order valence-corrected chi connectivity index (χ1v) is 6.82. The molecule has 0 aromatic carbocycles. The molecule has 0 saturated carbocycles. The monoisotopic (exact) mass is 268 g/mol. The number of carboxylic acids is 1. The van der Waals surface area contributed by atoms with Gasteiger partial charge in [-0.2, -0.15) is 0 Å². The molecule has 5 nitrogen and oxygen atoms in total. The summed E-state index contributed by atoms with van der Waals surface area (Å²) < 4.78 is 0. The maximum Gasteiger partial charge on any atom is 0.308 e. The van der Waals surface area contributed by atoms with E-state index in [4.69, 9.17) is 5.11 Å². The van der Waals surface area contributed by atoms with Crippen LogP contribution in [-0.2, 0) is 4.79 Å². The summed E-state index contributed by atoms with van der Waals surface area (Å²) in [6.07, 6.45) is 3.94. The van der Waals surface area contributed by atoms with Gasteiger partial charge in [-0.1, -0.05) is 6.92 Å². The molecule has 1 heterocycles. The van der Waals surface area contributed by atoms with E-state index in [0.717, 1.165) is 0 Å². The summed E-state index contributed by atoms with van der Waals surface area (Å²) in [5, 5.41) is 12.2. The van der Waals surface area contributed by atoms with Crippen molar-refractivity contribution in [2.45, 2.75) is 18.4 Å². The Labute approximate surface area is 110 Å². The van der Waals surface area contributed by atoms with Crippen LogP contribution in [-0.4, -0.2) is 34.8 Å². The highest BCUT2D eigenvalue weighted by molar-refractivity contribution is 7.98. The zero-order valence-corrected chi connectivity index (χ0v) is 11.2. The standard InChI is InChI=1S/C12H16N2O3S/c1-3-8(12(16)17)7-14-10(15)9-5-4-6-13-11(9)18-2/h4-6,8H,3,7H2,1-2H3,(H,14,15)(H,16,17). The van der Waals surface area contributed by atoms with E-state index in [1.54, 1.807) is 25.3 Å². The molecule has 1 aromatic rings. The summed E-state index contributed by atoms with van der Waals surface area (Å²) in [6.45, 7) is 1.91. The Kier molecular flexibility index (Phi) is 5.64. The third-order valence-corrected chi connectivity index (χ3v) is 3.27. The van der Waals surface area contributed by atoms with E-state index in [1.165, 1.54) is 11.8 Å². The second kappa shape index (κ2) is 7.00. The van der Waals surface area contributed by atoms with Gasteiger partial charge in [-0.25, -0.2) is 4.98 Å². The van der Waals surface area contributed by atoms with E-state index >= 15 is 0 Å². The number of nitrogens with one attached hydrogen (secondary N) is 1. The number of aliphatic carboxylic acids is 1. The lowest BCUT2D eigenvalue weighted by molar-refractivity contribution is -0.141. The largest absolute Gasteiger partial charge is 0.481 e. The molecule has 18 heavy (non-hydrogen) atoms. The van der Waals surface area contributed by atoms with E-state index in [2.05, 4.69) is 10.3 Å². The molecule has 0 fully saturated rings. The minimum Gasteiger partial charge on any atom is -0.481 e. The Balaban J connectivity index is 2.68. The predicted molar refractivity (Wildman–Crippen MR) is 69.8 cm³/mol. The van der Waals surface area contributed by atoms with Crippen molar-refractivity contribution in [2.24, 2.45) is 5.92 Å².